The first-order valence-electron chi connectivity index (χ1n) is 15.0. The van der Waals surface area contributed by atoms with Crippen LogP contribution in [0, 0.1) is 0 Å². The summed E-state index contributed by atoms with van der Waals surface area (Å²) in [4.78, 5) is 6.67. The SMILES string of the molecule is c1cncc(-c2ccc(N(c3ccc(-n4c5cccc6ccc7cccc4c7c65)cc3)c3cccc4ccccc34)cc2)c1. The van der Waals surface area contributed by atoms with E-state index in [2.05, 4.69) is 160 Å². The van der Waals surface area contributed by atoms with Gasteiger partial charge in [-0.05, 0) is 87.9 Å². The maximum atomic E-state index is 4.31. The van der Waals surface area contributed by atoms with Gasteiger partial charge in [0.15, 0.2) is 0 Å². The van der Waals surface area contributed by atoms with Gasteiger partial charge in [-0.3, -0.25) is 4.98 Å². The maximum Gasteiger partial charge on any atom is 0.0547 e. The number of nitrogens with zero attached hydrogens (tertiary/aromatic N) is 3. The Balaban J connectivity index is 1.21. The van der Waals surface area contributed by atoms with Gasteiger partial charge in [0, 0.05) is 45.6 Å². The molecule has 9 rings (SSSR count). The van der Waals surface area contributed by atoms with Crippen LogP contribution in [0.2, 0.25) is 0 Å². The highest BCUT2D eigenvalue weighted by molar-refractivity contribution is 6.24. The van der Waals surface area contributed by atoms with Crippen LogP contribution in [0.15, 0.2) is 164 Å². The summed E-state index contributed by atoms with van der Waals surface area (Å²) in [6, 6.07) is 54.7. The average Bonchev–Trinajstić information content (AvgIpc) is 3.44. The van der Waals surface area contributed by atoms with E-state index in [1.54, 1.807) is 0 Å². The van der Waals surface area contributed by atoms with Gasteiger partial charge >= 0.3 is 0 Å². The van der Waals surface area contributed by atoms with Crippen LogP contribution in [0.3, 0.4) is 0 Å². The Bertz CT molecular complexity index is 2350. The van der Waals surface area contributed by atoms with Crippen LogP contribution in [0.4, 0.5) is 17.1 Å². The first-order valence-corrected chi connectivity index (χ1v) is 15.0. The van der Waals surface area contributed by atoms with E-state index in [0.29, 0.717) is 0 Å². The molecule has 206 valence electrons. The Kier molecular flexibility index (Phi) is 5.50. The van der Waals surface area contributed by atoms with E-state index < -0.39 is 0 Å². The molecule has 0 saturated heterocycles. The molecule has 0 atom stereocenters. The number of fused-ring (bicyclic) bond motifs is 1. The molecule has 2 aromatic heterocycles. The molecule has 0 unspecified atom stereocenters. The van der Waals surface area contributed by atoms with Gasteiger partial charge < -0.3 is 9.47 Å². The van der Waals surface area contributed by atoms with E-state index in [1.165, 1.54) is 43.4 Å². The zero-order chi connectivity index (χ0) is 29.0. The highest BCUT2D eigenvalue weighted by Gasteiger charge is 2.18. The standard InChI is InChI=1S/C41H27N3/c1-2-12-36-29(7-1)8-3-13-37(36)43(33-20-18-28(19-21-33)32-11-6-26-42-27-32)34-22-24-35(25-23-34)44-38-14-4-9-30-16-17-31-10-5-15-39(44)41(31)40(30)38/h1-27H. The molecule has 44 heavy (non-hydrogen) atoms. The van der Waals surface area contributed by atoms with Crippen molar-refractivity contribution in [2.75, 3.05) is 4.90 Å². The monoisotopic (exact) mass is 561 g/mol. The molecule has 0 bridgehead atoms. The summed E-state index contributed by atoms with van der Waals surface area (Å²) in [7, 11) is 0. The molecular formula is C41H27N3. The Morgan fingerprint density at radius 3 is 1.75 bits per heavy atom. The van der Waals surface area contributed by atoms with Crippen molar-refractivity contribution < 1.29 is 0 Å². The quantitative estimate of drug-likeness (QED) is 0.195. The Morgan fingerprint density at radius 2 is 1.07 bits per heavy atom. The minimum Gasteiger partial charge on any atom is -0.310 e. The summed E-state index contributed by atoms with van der Waals surface area (Å²) >= 11 is 0. The fourth-order valence-corrected chi connectivity index (χ4v) is 6.82. The summed E-state index contributed by atoms with van der Waals surface area (Å²) in [6.45, 7) is 0. The van der Waals surface area contributed by atoms with Crippen LogP contribution in [-0.2, 0) is 0 Å². The Morgan fingerprint density at radius 1 is 0.455 bits per heavy atom. The molecule has 0 N–H and O–H groups in total. The lowest BCUT2D eigenvalue weighted by Gasteiger charge is -2.27. The van der Waals surface area contributed by atoms with Crippen LogP contribution >= 0.6 is 0 Å². The number of rotatable bonds is 5. The molecule has 0 fully saturated rings. The molecule has 0 aliphatic heterocycles. The molecule has 3 heteroatoms. The van der Waals surface area contributed by atoms with Gasteiger partial charge in [0.1, 0.15) is 0 Å². The van der Waals surface area contributed by atoms with Crippen LogP contribution in [0.1, 0.15) is 0 Å². The fourth-order valence-electron chi connectivity index (χ4n) is 6.82. The van der Waals surface area contributed by atoms with Gasteiger partial charge in [-0.1, -0.05) is 91.0 Å². The topological polar surface area (TPSA) is 21.1 Å². The number of hydrogen-bond acceptors (Lipinski definition) is 2. The second kappa shape index (κ2) is 9.82. The van der Waals surface area contributed by atoms with Gasteiger partial charge in [-0.25, -0.2) is 0 Å². The molecule has 2 heterocycles. The summed E-state index contributed by atoms with van der Waals surface area (Å²) in [5, 5.41) is 7.64. The van der Waals surface area contributed by atoms with Crippen molar-refractivity contribution in [3.8, 4) is 16.8 Å². The third-order valence-electron chi connectivity index (χ3n) is 8.82. The lowest BCUT2D eigenvalue weighted by atomic mass is 10.0. The van der Waals surface area contributed by atoms with Gasteiger partial charge in [-0.2, -0.15) is 0 Å². The lowest BCUT2D eigenvalue weighted by molar-refractivity contribution is 1.18. The second-order valence-corrected chi connectivity index (χ2v) is 11.3. The van der Waals surface area contributed by atoms with Gasteiger partial charge in [-0.15, -0.1) is 0 Å². The van der Waals surface area contributed by atoms with Crippen LogP contribution in [0.25, 0.3) is 60.2 Å². The Hall–Kier alpha value is -5.93. The summed E-state index contributed by atoms with van der Waals surface area (Å²) in [6.07, 6.45) is 3.72. The Labute approximate surface area is 255 Å². The molecule has 3 nitrogen and oxygen atoms in total. The third kappa shape index (κ3) is 3.80. The summed E-state index contributed by atoms with van der Waals surface area (Å²) in [5.41, 5.74) is 9.22. The van der Waals surface area contributed by atoms with Crippen molar-refractivity contribution >= 4 is 60.4 Å². The normalized spacial score (nSPS) is 11.6. The molecular weight excluding hydrogens is 534 g/mol. The lowest BCUT2D eigenvalue weighted by Crippen LogP contribution is -2.10. The summed E-state index contributed by atoms with van der Waals surface area (Å²) in [5.74, 6) is 0. The molecule has 0 radical (unpaired) electrons. The van der Waals surface area contributed by atoms with Gasteiger partial charge in [0.25, 0.3) is 0 Å². The predicted octanol–water partition coefficient (Wildman–Crippen LogP) is 11.1. The van der Waals surface area contributed by atoms with Crippen molar-refractivity contribution in [3.05, 3.63) is 164 Å². The number of benzene rings is 7. The van der Waals surface area contributed by atoms with Crippen molar-refractivity contribution in [2.24, 2.45) is 0 Å². The highest BCUT2D eigenvalue weighted by atomic mass is 15.1. The molecule has 7 aromatic carbocycles. The van der Waals surface area contributed by atoms with E-state index in [0.717, 1.165) is 33.9 Å². The summed E-state index contributed by atoms with van der Waals surface area (Å²) < 4.78 is 2.40. The molecule has 0 saturated carbocycles. The smallest absolute Gasteiger partial charge is 0.0547 e. The molecule has 9 aromatic rings. The number of anilines is 3. The zero-order valence-electron chi connectivity index (χ0n) is 23.9. The van der Waals surface area contributed by atoms with E-state index in [4.69, 9.17) is 0 Å². The average molecular weight is 562 g/mol. The van der Waals surface area contributed by atoms with Crippen molar-refractivity contribution in [3.63, 3.8) is 0 Å². The molecule has 0 aliphatic rings. The number of pyridine rings is 1. The minimum absolute atomic E-state index is 1.10. The molecule has 0 aliphatic carbocycles. The zero-order valence-corrected chi connectivity index (χ0v) is 23.9. The highest BCUT2D eigenvalue weighted by Crippen LogP contribution is 2.42. The molecule has 0 amide bonds. The van der Waals surface area contributed by atoms with Gasteiger partial charge in [0.2, 0.25) is 0 Å². The van der Waals surface area contributed by atoms with Crippen LogP contribution in [-0.4, -0.2) is 9.55 Å². The fraction of sp³-hybridized carbons (Fsp3) is 0. The first kappa shape index (κ1) is 24.6. The van der Waals surface area contributed by atoms with E-state index in [-0.39, 0.29) is 0 Å². The number of hydrogen-bond donors (Lipinski definition) is 0. The van der Waals surface area contributed by atoms with Crippen molar-refractivity contribution in [2.45, 2.75) is 0 Å². The van der Waals surface area contributed by atoms with Crippen molar-refractivity contribution in [1.82, 2.24) is 9.55 Å². The maximum absolute atomic E-state index is 4.31. The number of aromatic nitrogens is 2. The first-order chi connectivity index (χ1) is 21.8. The van der Waals surface area contributed by atoms with E-state index in [1.807, 2.05) is 18.5 Å². The third-order valence-corrected chi connectivity index (χ3v) is 8.82. The van der Waals surface area contributed by atoms with Crippen LogP contribution < -0.4 is 4.90 Å². The van der Waals surface area contributed by atoms with Gasteiger partial charge in [0.05, 0.1) is 16.7 Å². The van der Waals surface area contributed by atoms with E-state index in [9.17, 15) is 0 Å². The van der Waals surface area contributed by atoms with E-state index >= 15 is 0 Å². The van der Waals surface area contributed by atoms with Crippen LogP contribution in [0.5, 0.6) is 0 Å². The minimum atomic E-state index is 1.10. The van der Waals surface area contributed by atoms with Crippen molar-refractivity contribution in [1.29, 1.82) is 0 Å². The predicted molar refractivity (Wildman–Crippen MR) is 185 cm³/mol. The molecule has 0 spiro atoms. The second-order valence-electron chi connectivity index (χ2n) is 11.3. The largest absolute Gasteiger partial charge is 0.310 e.